The van der Waals surface area contributed by atoms with Crippen molar-refractivity contribution in [2.24, 2.45) is 0 Å². The van der Waals surface area contributed by atoms with Crippen LogP contribution >= 0.6 is 15.9 Å². The van der Waals surface area contributed by atoms with Crippen molar-refractivity contribution in [2.45, 2.75) is 19.9 Å². The maximum Gasteiger partial charge on any atom is 0.224 e. The van der Waals surface area contributed by atoms with Crippen LogP contribution in [0.15, 0.2) is 40.9 Å². The van der Waals surface area contributed by atoms with E-state index in [2.05, 4.69) is 30.8 Å². The number of ether oxygens (including phenoxy) is 2. The minimum absolute atomic E-state index is 0.0329. The number of carbonyl (C=O) groups is 1. The first-order valence-corrected chi connectivity index (χ1v) is 9.68. The molecule has 0 fully saturated rings. The van der Waals surface area contributed by atoms with E-state index in [-0.39, 0.29) is 12.3 Å². The molecule has 2 heterocycles. The second-order valence-electron chi connectivity index (χ2n) is 6.41. The fraction of sp³-hybridized carbons (Fsp3) is 0.300. The standard InChI is InChI=1S/C20H20BrN3O3/c1-13-23-16-4-2-3-5-17(16)24(13)7-6-22-20(25)11-14-10-18-19(12-15(14)21)27-9-8-26-18/h2-5,10,12H,6-9,11H2,1H3,(H,22,25). The molecule has 0 unspecified atom stereocenters. The molecule has 0 bridgehead atoms. The van der Waals surface area contributed by atoms with E-state index in [4.69, 9.17) is 9.47 Å². The van der Waals surface area contributed by atoms with Crippen LogP contribution in [0.5, 0.6) is 11.5 Å². The normalized spacial score (nSPS) is 13.0. The molecule has 0 saturated carbocycles. The molecule has 6 nitrogen and oxygen atoms in total. The average Bonchev–Trinajstić information content (AvgIpc) is 2.98. The Labute approximate surface area is 165 Å². The maximum atomic E-state index is 12.4. The lowest BCUT2D eigenvalue weighted by Crippen LogP contribution is -2.29. The smallest absolute Gasteiger partial charge is 0.224 e. The Morgan fingerprint density at radius 1 is 1.22 bits per heavy atom. The van der Waals surface area contributed by atoms with Crippen LogP contribution in [0.4, 0.5) is 0 Å². The Hall–Kier alpha value is -2.54. The Bertz CT molecular complexity index is 1000. The molecule has 27 heavy (non-hydrogen) atoms. The number of aromatic nitrogens is 2. The summed E-state index contributed by atoms with van der Waals surface area (Å²) in [4.78, 5) is 16.9. The summed E-state index contributed by atoms with van der Waals surface area (Å²) in [7, 11) is 0. The quantitative estimate of drug-likeness (QED) is 0.675. The third-order valence-corrected chi connectivity index (χ3v) is 5.30. The molecule has 7 heteroatoms. The van der Waals surface area contributed by atoms with Gasteiger partial charge < -0.3 is 19.4 Å². The number of nitrogens with zero attached hydrogens (tertiary/aromatic N) is 2. The number of aryl methyl sites for hydroxylation is 1. The van der Waals surface area contributed by atoms with Crippen LogP contribution in [0.3, 0.4) is 0 Å². The van der Waals surface area contributed by atoms with Gasteiger partial charge in [0.25, 0.3) is 0 Å². The first-order valence-electron chi connectivity index (χ1n) is 8.88. The lowest BCUT2D eigenvalue weighted by molar-refractivity contribution is -0.120. The maximum absolute atomic E-state index is 12.4. The van der Waals surface area contributed by atoms with E-state index < -0.39 is 0 Å². The van der Waals surface area contributed by atoms with E-state index in [1.165, 1.54) is 0 Å². The minimum Gasteiger partial charge on any atom is -0.486 e. The number of benzene rings is 2. The lowest BCUT2D eigenvalue weighted by atomic mass is 10.1. The fourth-order valence-corrected chi connectivity index (χ4v) is 3.72. The molecule has 1 aliphatic rings. The molecule has 1 N–H and O–H groups in total. The van der Waals surface area contributed by atoms with Gasteiger partial charge in [-0.05, 0) is 36.8 Å². The zero-order valence-corrected chi connectivity index (χ0v) is 16.6. The third-order valence-electron chi connectivity index (χ3n) is 4.57. The Kier molecular flexibility index (Phi) is 5.03. The van der Waals surface area contributed by atoms with E-state index in [9.17, 15) is 4.79 Å². The second kappa shape index (κ2) is 7.60. The summed E-state index contributed by atoms with van der Waals surface area (Å²) in [6.07, 6.45) is 0.279. The van der Waals surface area contributed by atoms with Gasteiger partial charge in [-0.15, -0.1) is 0 Å². The number of imidazole rings is 1. The van der Waals surface area contributed by atoms with Crippen molar-refractivity contribution >= 4 is 32.9 Å². The molecule has 0 radical (unpaired) electrons. The van der Waals surface area contributed by atoms with E-state index in [0.29, 0.717) is 37.8 Å². The largest absolute Gasteiger partial charge is 0.486 e. The summed E-state index contributed by atoms with van der Waals surface area (Å²) >= 11 is 3.51. The van der Waals surface area contributed by atoms with Crippen molar-refractivity contribution in [3.8, 4) is 11.5 Å². The summed E-state index contributed by atoms with van der Waals surface area (Å²) in [5, 5.41) is 2.99. The second-order valence-corrected chi connectivity index (χ2v) is 7.27. The Morgan fingerprint density at radius 2 is 1.96 bits per heavy atom. The highest BCUT2D eigenvalue weighted by molar-refractivity contribution is 9.10. The molecule has 140 valence electrons. The van der Waals surface area contributed by atoms with E-state index in [1.54, 1.807) is 0 Å². The number of para-hydroxylation sites is 2. The first-order chi connectivity index (χ1) is 13.1. The van der Waals surface area contributed by atoms with Crippen molar-refractivity contribution in [1.82, 2.24) is 14.9 Å². The van der Waals surface area contributed by atoms with Crippen LogP contribution < -0.4 is 14.8 Å². The molecule has 0 atom stereocenters. The highest BCUT2D eigenvalue weighted by Gasteiger charge is 2.16. The van der Waals surface area contributed by atoms with E-state index >= 15 is 0 Å². The number of nitrogens with one attached hydrogen (secondary N) is 1. The molecule has 1 aromatic heterocycles. The van der Waals surface area contributed by atoms with Crippen molar-refractivity contribution in [1.29, 1.82) is 0 Å². The number of hydrogen-bond acceptors (Lipinski definition) is 4. The predicted octanol–water partition coefficient (Wildman–Crippen LogP) is 3.24. The van der Waals surface area contributed by atoms with Crippen molar-refractivity contribution in [2.75, 3.05) is 19.8 Å². The number of amides is 1. The van der Waals surface area contributed by atoms with Crippen molar-refractivity contribution in [3.05, 3.63) is 52.3 Å². The molecular weight excluding hydrogens is 410 g/mol. The molecule has 1 aliphatic heterocycles. The third kappa shape index (κ3) is 3.78. The van der Waals surface area contributed by atoms with Crippen LogP contribution in [-0.4, -0.2) is 35.2 Å². The van der Waals surface area contributed by atoms with Gasteiger partial charge in [-0.3, -0.25) is 4.79 Å². The molecule has 0 spiro atoms. The molecule has 3 aromatic rings. The Balaban J connectivity index is 1.38. The summed E-state index contributed by atoms with van der Waals surface area (Å²) < 4.78 is 14.1. The molecule has 0 aliphatic carbocycles. The fourth-order valence-electron chi connectivity index (χ4n) is 3.26. The highest BCUT2D eigenvalue weighted by atomic mass is 79.9. The van der Waals surface area contributed by atoms with E-state index in [0.717, 1.165) is 26.9 Å². The molecular formula is C20H20BrN3O3. The van der Waals surface area contributed by atoms with Crippen LogP contribution in [0.2, 0.25) is 0 Å². The van der Waals surface area contributed by atoms with Gasteiger partial charge in [0.05, 0.1) is 17.5 Å². The number of fused-ring (bicyclic) bond motifs is 2. The monoisotopic (exact) mass is 429 g/mol. The number of halogens is 1. The summed E-state index contributed by atoms with van der Waals surface area (Å²) in [5.74, 6) is 2.31. The van der Waals surface area contributed by atoms with Gasteiger partial charge in [0.2, 0.25) is 5.91 Å². The van der Waals surface area contributed by atoms with E-state index in [1.807, 2.05) is 43.3 Å². The predicted molar refractivity (Wildman–Crippen MR) is 106 cm³/mol. The highest BCUT2D eigenvalue weighted by Crippen LogP contribution is 2.35. The summed E-state index contributed by atoms with van der Waals surface area (Å²) in [5.41, 5.74) is 2.93. The molecule has 2 aromatic carbocycles. The van der Waals surface area contributed by atoms with Gasteiger partial charge in [-0.2, -0.15) is 0 Å². The first kappa shape index (κ1) is 17.9. The zero-order chi connectivity index (χ0) is 18.8. The number of carbonyl (C=O) groups excluding carboxylic acids is 1. The van der Waals surface area contributed by atoms with Crippen LogP contribution in [-0.2, 0) is 17.8 Å². The van der Waals surface area contributed by atoms with Crippen LogP contribution in [0, 0.1) is 6.92 Å². The molecule has 1 amide bonds. The summed E-state index contributed by atoms with van der Waals surface area (Å²) in [6.45, 7) is 4.27. The van der Waals surface area contributed by atoms with Crippen LogP contribution in [0.1, 0.15) is 11.4 Å². The topological polar surface area (TPSA) is 65.4 Å². The van der Waals surface area contributed by atoms with Crippen LogP contribution in [0.25, 0.3) is 11.0 Å². The Morgan fingerprint density at radius 3 is 2.78 bits per heavy atom. The molecule has 4 rings (SSSR count). The SMILES string of the molecule is Cc1nc2ccccc2n1CCNC(=O)Cc1cc2c(cc1Br)OCCO2. The average molecular weight is 430 g/mol. The lowest BCUT2D eigenvalue weighted by Gasteiger charge is -2.19. The summed E-state index contributed by atoms with van der Waals surface area (Å²) in [6, 6.07) is 11.7. The van der Waals surface area contributed by atoms with Crippen molar-refractivity contribution < 1.29 is 14.3 Å². The van der Waals surface area contributed by atoms with Gasteiger partial charge in [0.15, 0.2) is 11.5 Å². The van der Waals surface area contributed by atoms with Gasteiger partial charge in [-0.1, -0.05) is 28.1 Å². The molecule has 0 saturated heterocycles. The van der Waals surface area contributed by atoms with Gasteiger partial charge in [-0.25, -0.2) is 4.98 Å². The number of hydrogen-bond donors (Lipinski definition) is 1. The number of rotatable bonds is 5. The minimum atomic E-state index is -0.0329. The zero-order valence-electron chi connectivity index (χ0n) is 15.0. The van der Waals surface area contributed by atoms with Gasteiger partial charge in [0.1, 0.15) is 19.0 Å². The van der Waals surface area contributed by atoms with Gasteiger partial charge >= 0.3 is 0 Å². The van der Waals surface area contributed by atoms with Gasteiger partial charge in [0, 0.05) is 17.6 Å². The van der Waals surface area contributed by atoms with Crippen molar-refractivity contribution in [3.63, 3.8) is 0 Å².